The van der Waals surface area contributed by atoms with Crippen molar-refractivity contribution in [2.24, 2.45) is 0 Å². The Bertz CT molecular complexity index is 656. The zero-order chi connectivity index (χ0) is 16.1. The molecular weight excluding hydrogens is 345 g/mol. The van der Waals surface area contributed by atoms with Gasteiger partial charge in [-0.05, 0) is 30.7 Å². The van der Waals surface area contributed by atoms with Gasteiger partial charge in [0.25, 0.3) is 5.91 Å². The van der Waals surface area contributed by atoms with E-state index in [2.05, 4.69) is 5.32 Å². The fourth-order valence-corrected chi connectivity index (χ4v) is 2.51. The van der Waals surface area contributed by atoms with Crippen molar-refractivity contribution in [2.75, 3.05) is 5.32 Å². The topological polar surface area (TPSA) is 38.3 Å². The van der Waals surface area contributed by atoms with Crippen molar-refractivity contribution in [3.63, 3.8) is 0 Å². The van der Waals surface area contributed by atoms with Crippen LogP contribution in [0.4, 0.5) is 5.69 Å². The van der Waals surface area contributed by atoms with Crippen LogP contribution in [0, 0.1) is 0 Å². The molecule has 116 valence electrons. The number of carbonyl (C=O) groups excluding carboxylic acids is 1. The van der Waals surface area contributed by atoms with E-state index in [9.17, 15) is 4.79 Å². The standard InChI is InChI=1S/C16H14Cl3NO2/c1-2-13(22-14-9-4-3-6-10(14)17)16(21)20-15-11(18)7-5-8-12(15)19/h3-9,13H,2H2,1H3,(H,20,21)/t13-/m1/s1. The largest absolute Gasteiger partial charge is 0.479 e. The summed E-state index contributed by atoms with van der Waals surface area (Å²) in [5, 5.41) is 3.88. The number of para-hydroxylation sites is 2. The second kappa shape index (κ2) is 7.73. The molecule has 0 aliphatic rings. The number of hydrogen-bond acceptors (Lipinski definition) is 2. The molecule has 0 spiro atoms. The lowest BCUT2D eigenvalue weighted by Crippen LogP contribution is -2.32. The van der Waals surface area contributed by atoms with Gasteiger partial charge < -0.3 is 10.1 Å². The third-order valence-corrected chi connectivity index (χ3v) is 3.92. The lowest BCUT2D eigenvalue weighted by atomic mass is 10.2. The van der Waals surface area contributed by atoms with E-state index in [1.165, 1.54) is 0 Å². The normalized spacial score (nSPS) is 11.8. The smallest absolute Gasteiger partial charge is 0.265 e. The minimum atomic E-state index is -0.702. The van der Waals surface area contributed by atoms with E-state index >= 15 is 0 Å². The molecule has 0 aromatic heterocycles. The Morgan fingerprint density at radius 2 is 1.64 bits per heavy atom. The molecule has 2 rings (SSSR count). The van der Waals surface area contributed by atoms with Crippen molar-refractivity contribution >= 4 is 46.4 Å². The first kappa shape index (κ1) is 16.9. The van der Waals surface area contributed by atoms with E-state index in [4.69, 9.17) is 39.5 Å². The van der Waals surface area contributed by atoms with Crippen molar-refractivity contribution in [3.8, 4) is 5.75 Å². The maximum absolute atomic E-state index is 12.4. The SMILES string of the molecule is CC[C@@H](Oc1ccccc1Cl)C(=O)Nc1c(Cl)cccc1Cl. The molecule has 0 radical (unpaired) electrons. The van der Waals surface area contributed by atoms with Gasteiger partial charge in [-0.25, -0.2) is 0 Å². The summed E-state index contributed by atoms with van der Waals surface area (Å²) < 4.78 is 5.68. The van der Waals surface area contributed by atoms with Crippen LogP contribution in [0.3, 0.4) is 0 Å². The maximum Gasteiger partial charge on any atom is 0.265 e. The van der Waals surface area contributed by atoms with Crippen LogP contribution >= 0.6 is 34.8 Å². The molecule has 3 nitrogen and oxygen atoms in total. The quantitative estimate of drug-likeness (QED) is 0.772. The van der Waals surface area contributed by atoms with Crippen molar-refractivity contribution in [1.29, 1.82) is 0 Å². The predicted octanol–water partition coefficient (Wildman–Crippen LogP) is 5.44. The molecular formula is C16H14Cl3NO2. The zero-order valence-corrected chi connectivity index (χ0v) is 14.0. The number of benzene rings is 2. The average molecular weight is 359 g/mol. The van der Waals surface area contributed by atoms with E-state index in [1.807, 2.05) is 6.92 Å². The second-order valence-electron chi connectivity index (χ2n) is 4.53. The highest BCUT2D eigenvalue weighted by Gasteiger charge is 2.21. The Morgan fingerprint density at radius 1 is 1.05 bits per heavy atom. The first-order valence-corrected chi connectivity index (χ1v) is 7.82. The van der Waals surface area contributed by atoms with Crippen LogP contribution in [0.25, 0.3) is 0 Å². The molecule has 22 heavy (non-hydrogen) atoms. The molecule has 1 amide bonds. The predicted molar refractivity (Wildman–Crippen MR) is 91.3 cm³/mol. The Balaban J connectivity index is 2.14. The van der Waals surface area contributed by atoms with E-state index < -0.39 is 6.10 Å². The van der Waals surface area contributed by atoms with E-state index in [0.717, 1.165) is 0 Å². The number of amides is 1. The average Bonchev–Trinajstić information content (AvgIpc) is 2.50. The van der Waals surface area contributed by atoms with Crippen molar-refractivity contribution in [3.05, 3.63) is 57.5 Å². The van der Waals surface area contributed by atoms with E-state index in [0.29, 0.717) is 32.9 Å². The summed E-state index contributed by atoms with van der Waals surface area (Å²) in [6.45, 7) is 1.84. The second-order valence-corrected chi connectivity index (χ2v) is 5.75. The van der Waals surface area contributed by atoms with E-state index in [1.54, 1.807) is 42.5 Å². The van der Waals surface area contributed by atoms with Gasteiger partial charge in [-0.15, -0.1) is 0 Å². The fraction of sp³-hybridized carbons (Fsp3) is 0.188. The first-order chi connectivity index (χ1) is 10.5. The molecule has 1 atom stereocenters. The van der Waals surface area contributed by atoms with Crippen LogP contribution in [0.15, 0.2) is 42.5 Å². The van der Waals surface area contributed by atoms with Crippen molar-refractivity contribution < 1.29 is 9.53 Å². The number of rotatable bonds is 5. The van der Waals surface area contributed by atoms with E-state index in [-0.39, 0.29) is 5.91 Å². The van der Waals surface area contributed by atoms with Gasteiger partial charge in [-0.2, -0.15) is 0 Å². The van der Waals surface area contributed by atoms with Crippen LogP contribution in [0.1, 0.15) is 13.3 Å². The lowest BCUT2D eigenvalue weighted by Gasteiger charge is -2.18. The highest BCUT2D eigenvalue weighted by atomic mass is 35.5. The maximum atomic E-state index is 12.4. The first-order valence-electron chi connectivity index (χ1n) is 6.69. The number of halogens is 3. The third-order valence-electron chi connectivity index (χ3n) is 2.98. The highest BCUT2D eigenvalue weighted by molar-refractivity contribution is 6.39. The molecule has 2 aromatic carbocycles. The number of anilines is 1. The Hall–Kier alpha value is -1.42. The minimum absolute atomic E-state index is 0.336. The zero-order valence-electron chi connectivity index (χ0n) is 11.8. The van der Waals surface area contributed by atoms with Gasteiger partial charge in [0, 0.05) is 0 Å². The Labute approximate surface area is 144 Å². The summed E-state index contributed by atoms with van der Waals surface area (Å²) in [4.78, 5) is 12.4. The molecule has 1 N–H and O–H groups in total. The summed E-state index contributed by atoms with van der Waals surface area (Å²) in [6, 6.07) is 12.0. The molecule has 0 heterocycles. The summed E-state index contributed by atoms with van der Waals surface area (Å²) >= 11 is 18.1. The third kappa shape index (κ3) is 4.07. The van der Waals surface area contributed by atoms with Crippen molar-refractivity contribution in [1.82, 2.24) is 0 Å². The van der Waals surface area contributed by atoms with Gasteiger partial charge in [-0.3, -0.25) is 4.79 Å². The lowest BCUT2D eigenvalue weighted by molar-refractivity contribution is -0.122. The van der Waals surface area contributed by atoms with Gasteiger partial charge in [0.1, 0.15) is 5.75 Å². The number of ether oxygens (including phenoxy) is 1. The molecule has 0 saturated heterocycles. The van der Waals surface area contributed by atoms with Gasteiger partial charge in [0.2, 0.25) is 0 Å². The van der Waals surface area contributed by atoms with Crippen LogP contribution in [0.2, 0.25) is 15.1 Å². The summed E-state index contributed by atoms with van der Waals surface area (Å²) in [7, 11) is 0. The van der Waals surface area contributed by atoms with Gasteiger partial charge in [-0.1, -0.05) is 59.9 Å². The van der Waals surface area contributed by atoms with Crippen LogP contribution in [0.5, 0.6) is 5.75 Å². The molecule has 0 unspecified atom stereocenters. The molecule has 6 heteroatoms. The van der Waals surface area contributed by atoms with Gasteiger partial charge in [0.15, 0.2) is 6.10 Å². The Kier molecular flexibility index (Phi) is 5.95. The summed E-state index contributed by atoms with van der Waals surface area (Å²) in [5.41, 5.74) is 0.372. The van der Waals surface area contributed by atoms with Gasteiger partial charge >= 0.3 is 0 Å². The fourth-order valence-electron chi connectivity index (χ4n) is 1.84. The minimum Gasteiger partial charge on any atom is -0.479 e. The summed E-state index contributed by atoms with van der Waals surface area (Å²) in [6.07, 6.45) is -0.230. The van der Waals surface area contributed by atoms with Crippen LogP contribution < -0.4 is 10.1 Å². The molecule has 0 fully saturated rings. The molecule has 0 bridgehead atoms. The number of hydrogen-bond donors (Lipinski definition) is 1. The molecule has 0 aliphatic heterocycles. The number of nitrogens with one attached hydrogen (secondary N) is 1. The van der Waals surface area contributed by atoms with Crippen LogP contribution in [-0.4, -0.2) is 12.0 Å². The number of carbonyl (C=O) groups is 1. The van der Waals surface area contributed by atoms with Crippen molar-refractivity contribution in [2.45, 2.75) is 19.4 Å². The molecule has 2 aromatic rings. The monoisotopic (exact) mass is 357 g/mol. The van der Waals surface area contributed by atoms with Crippen LogP contribution in [-0.2, 0) is 4.79 Å². The highest BCUT2D eigenvalue weighted by Crippen LogP contribution is 2.30. The molecule has 0 aliphatic carbocycles. The molecule has 0 saturated carbocycles. The van der Waals surface area contributed by atoms with Gasteiger partial charge in [0.05, 0.1) is 20.8 Å². The Morgan fingerprint density at radius 3 is 2.23 bits per heavy atom. The summed E-state index contributed by atoms with van der Waals surface area (Å²) in [5.74, 6) is 0.119.